The van der Waals surface area contributed by atoms with E-state index >= 15 is 0 Å². The molecule has 2 aromatic heterocycles. The van der Waals surface area contributed by atoms with Gasteiger partial charge in [-0.25, -0.2) is 0 Å². The van der Waals surface area contributed by atoms with Gasteiger partial charge in [-0.2, -0.15) is 0 Å². The third-order valence-electron chi connectivity index (χ3n) is 2.61. The maximum Gasteiger partial charge on any atom is 0.0934 e. The van der Waals surface area contributed by atoms with Gasteiger partial charge in [0.15, 0.2) is 0 Å². The van der Waals surface area contributed by atoms with Crippen molar-refractivity contribution in [3.63, 3.8) is 0 Å². The summed E-state index contributed by atoms with van der Waals surface area (Å²) in [4.78, 5) is 9.74. The summed E-state index contributed by atoms with van der Waals surface area (Å²) >= 11 is 5.09. The van der Waals surface area contributed by atoms with Crippen LogP contribution in [-0.4, -0.2) is 9.97 Å². The van der Waals surface area contributed by atoms with Crippen LogP contribution in [0.3, 0.4) is 0 Å². The monoisotopic (exact) mass is 319 g/mol. The summed E-state index contributed by atoms with van der Waals surface area (Å²) in [7, 11) is 0. The van der Waals surface area contributed by atoms with E-state index in [-0.39, 0.29) is 0 Å². The molecule has 0 aliphatic rings. The molecule has 5 heteroatoms. The summed E-state index contributed by atoms with van der Waals surface area (Å²) in [6.45, 7) is 0.779. The maximum atomic E-state index is 4.46. The molecule has 3 nitrogen and oxygen atoms in total. The Morgan fingerprint density at radius 2 is 2.22 bits per heavy atom. The fourth-order valence-corrected chi connectivity index (χ4v) is 2.67. The van der Waals surface area contributed by atoms with E-state index in [0.29, 0.717) is 0 Å². The first-order valence-corrected chi connectivity index (χ1v) is 7.16. The van der Waals surface area contributed by atoms with Crippen LogP contribution in [0.25, 0.3) is 10.9 Å². The van der Waals surface area contributed by atoms with Gasteiger partial charge in [0.1, 0.15) is 0 Å². The lowest BCUT2D eigenvalue weighted by Crippen LogP contribution is -1.98. The van der Waals surface area contributed by atoms with Crippen LogP contribution in [0.5, 0.6) is 0 Å². The summed E-state index contributed by atoms with van der Waals surface area (Å²) in [6.07, 6.45) is 3.70. The maximum absolute atomic E-state index is 4.46. The Morgan fingerprint density at radius 1 is 1.28 bits per heavy atom. The molecule has 0 radical (unpaired) electrons. The van der Waals surface area contributed by atoms with Gasteiger partial charge in [0.05, 0.1) is 23.3 Å². The zero-order chi connectivity index (χ0) is 12.4. The summed E-state index contributed by atoms with van der Waals surface area (Å²) in [6, 6.07) is 8.21. The summed E-state index contributed by atoms with van der Waals surface area (Å²) < 4.78 is 0.995. The van der Waals surface area contributed by atoms with Crippen LogP contribution in [-0.2, 0) is 6.54 Å². The highest BCUT2D eigenvalue weighted by Crippen LogP contribution is 2.24. The Labute approximate surface area is 117 Å². The highest BCUT2D eigenvalue weighted by molar-refractivity contribution is 9.10. The number of hydrogen-bond donors (Lipinski definition) is 1. The Balaban J connectivity index is 1.92. The van der Waals surface area contributed by atoms with E-state index in [4.69, 9.17) is 0 Å². The van der Waals surface area contributed by atoms with E-state index < -0.39 is 0 Å². The second-order valence-electron chi connectivity index (χ2n) is 3.85. The minimum Gasteiger partial charge on any atom is -0.378 e. The van der Waals surface area contributed by atoms with Crippen LogP contribution in [0.15, 0.2) is 46.6 Å². The van der Waals surface area contributed by atoms with Gasteiger partial charge in [0, 0.05) is 27.1 Å². The van der Waals surface area contributed by atoms with Crippen molar-refractivity contribution in [2.75, 3.05) is 5.32 Å². The van der Waals surface area contributed by atoms with Crippen molar-refractivity contribution in [3.8, 4) is 0 Å². The number of para-hydroxylation sites is 1. The molecule has 0 aliphatic heterocycles. The first kappa shape index (κ1) is 11.6. The lowest BCUT2D eigenvalue weighted by molar-refractivity contribution is 1.17. The average Bonchev–Trinajstić information content (AvgIpc) is 2.89. The number of nitrogens with one attached hydrogen (secondary N) is 1. The summed E-state index contributed by atoms with van der Waals surface area (Å²) in [5.41, 5.74) is 3.88. The van der Waals surface area contributed by atoms with E-state index in [0.717, 1.165) is 27.6 Å². The van der Waals surface area contributed by atoms with E-state index in [9.17, 15) is 0 Å². The van der Waals surface area contributed by atoms with Crippen LogP contribution >= 0.6 is 27.3 Å². The molecule has 0 spiro atoms. The Kier molecular flexibility index (Phi) is 3.25. The average molecular weight is 320 g/mol. The number of anilines is 1. The molecular weight excluding hydrogens is 310 g/mol. The second-order valence-corrected chi connectivity index (χ2v) is 5.74. The molecule has 3 rings (SSSR count). The molecular formula is C13H10BrN3S. The number of benzene rings is 1. The Morgan fingerprint density at radius 3 is 3.06 bits per heavy atom. The number of thiazole rings is 1. The minimum absolute atomic E-state index is 0.779. The van der Waals surface area contributed by atoms with Crippen LogP contribution in [0.1, 0.15) is 4.88 Å². The van der Waals surface area contributed by atoms with Gasteiger partial charge >= 0.3 is 0 Å². The predicted octanol–water partition coefficient (Wildman–Crippen LogP) is 4.07. The van der Waals surface area contributed by atoms with Crippen molar-refractivity contribution in [1.29, 1.82) is 0 Å². The second kappa shape index (κ2) is 5.04. The summed E-state index contributed by atoms with van der Waals surface area (Å²) in [5.74, 6) is 0. The molecule has 90 valence electrons. The number of hydrogen-bond acceptors (Lipinski definition) is 4. The third kappa shape index (κ3) is 2.37. The molecule has 0 aliphatic carbocycles. The van der Waals surface area contributed by atoms with Crippen LogP contribution in [0.2, 0.25) is 0 Å². The van der Waals surface area contributed by atoms with Gasteiger partial charge in [-0.1, -0.05) is 12.1 Å². The molecule has 1 aromatic carbocycles. The zero-order valence-electron chi connectivity index (χ0n) is 9.43. The molecule has 2 heterocycles. The normalized spacial score (nSPS) is 10.7. The lowest BCUT2D eigenvalue weighted by atomic mass is 10.2. The topological polar surface area (TPSA) is 37.8 Å². The number of nitrogens with zero attached hydrogens (tertiary/aromatic N) is 2. The molecule has 0 amide bonds. The standard InChI is InChI=1S/C13H10BrN3S/c14-10-4-9-2-1-3-12(13(9)17-5-10)16-7-11-6-15-8-18-11/h1-6,8,16H,7H2. The highest BCUT2D eigenvalue weighted by Gasteiger charge is 2.03. The van der Waals surface area contributed by atoms with Crippen molar-refractivity contribution in [2.24, 2.45) is 0 Å². The minimum atomic E-state index is 0.779. The van der Waals surface area contributed by atoms with Crippen LogP contribution in [0, 0.1) is 0 Å². The number of rotatable bonds is 3. The van der Waals surface area contributed by atoms with Gasteiger partial charge in [-0.3, -0.25) is 9.97 Å². The quantitative estimate of drug-likeness (QED) is 0.790. The smallest absolute Gasteiger partial charge is 0.0934 e. The van der Waals surface area contributed by atoms with Crippen molar-refractivity contribution in [1.82, 2.24) is 9.97 Å². The number of fused-ring (bicyclic) bond motifs is 1. The number of aromatic nitrogens is 2. The molecule has 18 heavy (non-hydrogen) atoms. The van der Waals surface area contributed by atoms with Gasteiger partial charge in [0.25, 0.3) is 0 Å². The number of halogens is 1. The van der Waals surface area contributed by atoms with Gasteiger partial charge in [0.2, 0.25) is 0 Å². The van der Waals surface area contributed by atoms with Gasteiger partial charge in [-0.15, -0.1) is 11.3 Å². The van der Waals surface area contributed by atoms with Crippen molar-refractivity contribution >= 4 is 43.9 Å². The molecule has 0 fully saturated rings. The van der Waals surface area contributed by atoms with E-state index in [1.54, 1.807) is 11.3 Å². The SMILES string of the molecule is Brc1cnc2c(NCc3cncs3)cccc2c1. The number of pyridine rings is 1. The predicted molar refractivity (Wildman–Crippen MR) is 78.9 cm³/mol. The van der Waals surface area contributed by atoms with Crippen LogP contribution < -0.4 is 5.32 Å². The van der Waals surface area contributed by atoms with Crippen LogP contribution in [0.4, 0.5) is 5.69 Å². The van der Waals surface area contributed by atoms with Crippen molar-refractivity contribution in [2.45, 2.75) is 6.54 Å². The molecule has 1 N–H and O–H groups in total. The van der Waals surface area contributed by atoms with E-state index in [1.807, 2.05) is 30.0 Å². The Hall–Kier alpha value is -1.46. The molecule has 0 saturated carbocycles. The lowest BCUT2D eigenvalue weighted by Gasteiger charge is -2.08. The van der Waals surface area contributed by atoms with E-state index in [1.165, 1.54) is 4.88 Å². The largest absolute Gasteiger partial charge is 0.378 e. The highest BCUT2D eigenvalue weighted by atomic mass is 79.9. The van der Waals surface area contributed by atoms with Crippen molar-refractivity contribution < 1.29 is 0 Å². The Bertz CT molecular complexity index is 667. The molecule has 3 aromatic rings. The zero-order valence-corrected chi connectivity index (χ0v) is 11.8. The molecule has 0 atom stereocenters. The third-order valence-corrected chi connectivity index (χ3v) is 3.83. The summed E-state index contributed by atoms with van der Waals surface area (Å²) in [5, 5.41) is 4.53. The first-order valence-electron chi connectivity index (χ1n) is 5.48. The molecule has 0 bridgehead atoms. The van der Waals surface area contributed by atoms with Gasteiger partial charge in [-0.05, 0) is 28.1 Å². The van der Waals surface area contributed by atoms with Gasteiger partial charge < -0.3 is 5.32 Å². The molecule has 0 unspecified atom stereocenters. The fourth-order valence-electron chi connectivity index (χ4n) is 1.79. The van der Waals surface area contributed by atoms with Crippen molar-refractivity contribution in [3.05, 3.63) is 51.5 Å². The first-order chi connectivity index (χ1) is 8.83. The molecule has 0 saturated heterocycles. The van der Waals surface area contributed by atoms with E-state index in [2.05, 4.69) is 43.3 Å². The fraction of sp³-hybridized carbons (Fsp3) is 0.0769.